The lowest BCUT2D eigenvalue weighted by Gasteiger charge is -2.23. The summed E-state index contributed by atoms with van der Waals surface area (Å²) >= 11 is 0. The van der Waals surface area contributed by atoms with Crippen molar-refractivity contribution < 1.29 is 19.1 Å². The topological polar surface area (TPSA) is 116 Å². The molecule has 0 saturated carbocycles. The van der Waals surface area contributed by atoms with Crippen molar-refractivity contribution in [3.8, 4) is 22.4 Å². The summed E-state index contributed by atoms with van der Waals surface area (Å²) in [5.41, 5.74) is 6.10. The molecule has 0 radical (unpaired) electrons. The molecule has 0 unspecified atom stereocenters. The highest BCUT2D eigenvalue weighted by Gasteiger charge is 2.44. The quantitative estimate of drug-likeness (QED) is 0.111. The van der Waals surface area contributed by atoms with Crippen LogP contribution in [-0.4, -0.2) is 75.9 Å². The predicted molar refractivity (Wildman–Crippen MR) is 200 cm³/mol. The summed E-state index contributed by atoms with van der Waals surface area (Å²) in [5, 5.41) is 2.19. The van der Waals surface area contributed by atoms with E-state index in [2.05, 4.69) is 91.5 Å². The second-order valence-electron chi connectivity index (χ2n) is 14.6. The van der Waals surface area contributed by atoms with Gasteiger partial charge in [0.1, 0.15) is 11.6 Å². The molecule has 3 aromatic carbocycles. The average Bonchev–Trinajstić information content (AvgIpc) is 3.93. The molecule has 2 saturated heterocycles. The molecule has 262 valence electrons. The Hall–Kier alpha value is -4.64. The Bertz CT molecular complexity index is 1990. The van der Waals surface area contributed by atoms with Crippen molar-refractivity contribution in [2.24, 2.45) is 0 Å². The van der Waals surface area contributed by atoms with Crippen LogP contribution in [-0.2, 0) is 9.47 Å². The van der Waals surface area contributed by atoms with Gasteiger partial charge in [-0.3, -0.25) is 4.90 Å². The molecular weight excluding hydrogens is 645 g/mol. The van der Waals surface area contributed by atoms with Crippen LogP contribution in [0.15, 0.2) is 60.8 Å². The Balaban J connectivity index is 1.07. The Kier molecular flexibility index (Phi) is 9.68. The van der Waals surface area contributed by atoms with Gasteiger partial charge in [-0.25, -0.2) is 19.6 Å². The monoisotopic (exact) mass is 692 g/mol. The zero-order chi connectivity index (χ0) is 34.8. The fraction of sp³-hybridized carbons (Fsp3) is 0.436. The number of imidazole rings is 2. The minimum atomic E-state index is -1.59. The summed E-state index contributed by atoms with van der Waals surface area (Å²) in [6.45, 7) is 10.4. The third-order valence-electron chi connectivity index (χ3n) is 10.1. The molecule has 50 heavy (non-hydrogen) atoms. The highest BCUT2D eigenvalue weighted by atomic mass is 28.3. The van der Waals surface area contributed by atoms with E-state index in [0.29, 0.717) is 19.8 Å². The van der Waals surface area contributed by atoms with Crippen LogP contribution in [0.1, 0.15) is 76.1 Å². The summed E-state index contributed by atoms with van der Waals surface area (Å²) in [6, 6.07) is 20.0. The molecule has 4 heterocycles. The highest BCUT2D eigenvalue weighted by molar-refractivity contribution is 6.78. The fourth-order valence-corrected chi connectivity index (χ4v) is 10.3. The van der Waals surface area contributed by atoms with Gasteiger partial charge in [-0.2, -0.15) is 0 Å². The maximum atomic E-state index is 13.0. The number of hydrogen-bond acceptors (Lipinski definition) is 6. The lowest BCUT2D eigenvalue weighted by molar-refractivity contribution is 0.0955. The molecule has 0 aliphatic carbocycles. The number of aromatic amines is 2. The molecular formula is C39H48N6O4Si. The first-order chi connectivity index (χ1) is 24.2. The van der Waals surface area contributed by atoms with E-state index >= 15 is 0 Å². The molecule has 10 nitrogen and oxygen atoms in total. The maximum Gasteiger partial charge on any atom is 0.410 e. The van der Waals surface area contributed by atoms with E-state index in [9.17, 15) is 9.59 Å². The molecule has 2 aliphatic heterocycles. The Labute approximate surface area is 294 Å². The van der Waals surface area contributed by atoms with Crippen LogP contribution in [0.2, 0.25) is 19.1 Å². The minimum Gasteiger partial charge on any atom is -0.449 e. The van der Waals surface area contributed by atoms with E-state index in [1.165, 1.54) is 0 Å². The number of amides is 2. The first-order valence-corrected chi connectivity index (χ1v) is 21.6. The SMILES string of the molecule is CCCCOC(=O)N1C[Si](C)(C)C[C@H]1c1ncc(-c2ccc(-c3ccc4c(ccc5[nH]c([C@@H]6CCCN6C(=O)OCCCC)nc54)c3)cc2)[nH]1. The molecule has 0 bridgehead atoms. The Morgan fingerprint density at radius 2 is 1.54 bits per heavy atom. The smallest absolute Gasteiger partial charge is 0.410 e. The minimum absolute atomic E-state index is 0.0855. The van der Waals surface area contributed by atoms with Crippen LogP contribution in [0, 0.1) is 0 Å². The Morgan fingerprint density at radius 1 is 0.840 bits per heavy atom. The number of H-pyrrole nitrogens is 2. The van der Waals surface area contributed by atoms with Crippen molar-refractivity contribution in [2.45, 2.75) is 83.6 Å². The lowest BCUT2D eigenvalue weighted by atomic mass is 9.99. The highest BCUT2D eigenvalue weighted by Crippen LogP contribution is 2.38. The number of unbranched alkanes of at least 4 members (excludes halogenated alkanes) is 2. The number of nitrogens with one attached hydrogen (secondary N) is 2. The van der Waals surface area contributed by atoms with Crippen molar-refractivity contribution in [3.63, 3.8) is 0 Å². The third kappa shape index (κ3) is 6.88. The van der Waals surface area contributed by atoms with Crippen LogP contribution in [0.25, 0.3) is 44.2 Å². The molecule has 2 aromatic heterocycles. The average molecular weight is 693 g/mol. The summed E-state index contributed by atoms with van der Waals surface area (Å²) in [5.74, 6) is 1.64. The van der Waals surface area contributed by atoms with E-state index < -0.39 is 8.07 Å². The molecule has 2 fully saturated rings. The molecule has 5 aromatic rings. The molecule has 2 atom stereocenters. The van der Waals surface area contributed by atoms with Gasteiger partial charge < -0.3 is 24.3 Å². The van der Waals surface area contributed by atoms with E-state index in [4.69, 9.17) is 19.4 Å². The number of benzene rings is 3. The zero-order valence-corrected chi connectivity index (χ0v) is 30.6. The fourth-order valence-electron chi connectivity index (χ4n) is 7.40. The predicted octanol–water partition coefficient (Wildman–Crippen LogP) is 9.39. The van der Waals surface area contributed by atoms with Gasteiger partial charge in [-0.1, -0.05) is 82.2 Å². The number of rotatable bonds is 10. The van der Waals surface area contributed by atoms with Gasteiger partial charge in [0.25, 0.3) is 0 Å². The maximum absolute atomic E-state index is 13.0. The number of hydrogen-bond donors (Lipinski definition) is 2. The number of likely N-dealkylation sites (tertiary alicyclic amines) is 1. The van der Waals surface area contributed by atoms with Gasteiger partial charge in [0.2, 0.25) is 0 Å². The zero-order valence-electron chi connectivity index (χ0n) is 29.6. The van der Waals surface area contributed by atoms with Crippen molar-refractivity contribution in [3.05, 3.63) is 72.4 Å². The lowest BCUT2D eigenvalue weighted by Crippen LogP contribution is -2.36. The number of ether oxygens (including phenoxy) is 2. The van der Waals surface area contributed by atoms with Gasteiger partial charge in [-0.15, -0.1) is 0 Å². The van der Waals surface area contributed by atoms with Gasteiger partial charge in [-0.05, 0) is 65.9 Å². The second-order valence-corrected chi connectivity index (χ2v) is 19.6. The summed E-state index contributed by atoms with van der Waals surface area (Å²) in [6.07, 6.45) is 7.71. The van der Waals surface area contributed by atoms with Crippen LogP contribution in [0.5, 0.6) is 0 Å². The molecule has 2 N–H and O–H groups in total. The van der Waals surface area contributed by atoms with Gasteiger partial charge in [0, 0.05) is 18.1 Å². The van der Waals surface area contributed by atoms with Crippen molar-refractivity contribution in [1.82, 2.24) is 29.7 Å². The number of aromatic nitrogens is 4. The summed E-state index contributed by atoms with van der Waals surface area (Å²) < 4.78 is 11.1. The molecule has 7 rings (SSSR count). The molecule has 2 amide bonds. The third-order valence-corrected chi connectivity index (χ3v) is 12.8. The number of nitrogens with zero attached hydrogens (tertiary/aromatic N) is 4. The van der Waals surface area contributed by atoms with Crippen LogP contribution in [0.3, 0.4) is 0 Å². The van der Waals surface area contributed by atoms with Crippen molar-refractivity contribution in [1.29, 1.82) is 0 Å². The van der Waals surface area contributed by atoms with Crippen molar-refractivity contribution in [2.75, 3.05) is 25.9 Å². The van der Waals surface area contributed by atoms with Crippen LogP contribution < -0.4 is 0 Å². The normalized spacial score (nSPS) is 18.7. The van der Waals surface area contributed by atoms with Gasteiger partial charge in [0.15, 0.2) is 0 Å². The first-order valence-electron chi connectivity index (χ1n) is 18.2. The van der Waals surface area contributed by atoms with Crippen molar-refractivity contribution >= 4 is 42.1 Å². The second kappa shape index (κ2) is 14.3. The van der Waals surface area contributed by atoms with E-state index in [0.717, 1.165) is 107 Å². The first kappa shape index (κ1) is 33.8. The van der Waals surface area contributed by atoms with Crippen LogP contribution in [0.4, 0.5) is 9.59 Å². The number of carbonyl (C=O) groups is 2. The van der Waals surface area contributed by atoms with E-state index in [1.807, 2.05) is 16.0 Å². The standard InChI is InChI=1S/C39H48N6O4Si/c1-5-7-20-48-38(46)44-19-9-10-33(44)37-41-31-18-16-29-22-28(15-17-30(29)35(31)43-37)26-11-13-27(14-12-26)32-23-40-36(42-32)34-24-50(3,4)25-45(34)39(47)49-21-8-6-2/h11-18,22-23,33-34H,5-10,19-21,24-25H2,1-4H3,(H,40,42)(H,41,43)/t33-,34-/m0/s1. The largest absolute Gasteiger partial charge is 0.449 e. The molecule has 11 heteroatoms. The number of fused-ring (bicyclic) bond motifs is 3. The molecule has 2 aliphatic rings. The van der Waals surface area contributed by atoms with Crippen LogP contribution >= 0.6 is 0 Å². The number of carbonyl (C=O) groups excluding carboxylic acids is 2. The summed E-state index contributed by atoms with van der Waals surface area (Å²) in [7, 11) is -1.59. The van der Waals surface area contributed by atoms with E-state index in [-0.39, 0.29) is 24.3 Å². The Morgan fingerprint density at radius 3 is 2.28 bits per heavy atom. The molecule has 0 spiro atoms. The summed E-state index contributed by atoms with van der Waals surface area (Å²) in [4.78, 5) is 46.3. The van der Waals surface area contributed by atoms with Gasteiger partial charge >= 0.3 is 12.2 Å². The van der Waals surface area contributed by atoms with E-state index in [1.54, 1.807) is 0 Å². The van der Waals surface area contributed by atoms with Gasteiger partial charge in [0.05, 0.1) is 56.3 Å².